The maximum Gasteiger partial charge on any atom is 0.255 e. The first-order valence-electron chi connectivity index (χ1n) is 11.2. The second-order valence-corrected chi connectivity index (χ2v) is 8.34. The Bertz CT molecular complexity index is 1320. The fraction of sp³-hybridized carbons (Fsp3) is 0.192. The predicted molar refractivity (Wildman–Crippen MR) is 134 cm³/mol. The van der Waals surface area contributed by atoms with Crippen LogP contribution in [0.2, 0.25) is 0 Å². The Morgan fingerprint density at radius 2 is 1.74 bits per heavy atom. The van der Waals surface area contributed by atoms with Crippen LogP contribution in [-0.4, -0.2) is 39.1 Å². The normalized spacial score (nSPS) is 12.8. The standard InChI is InChI=1S/C26H27N5O4/c1-15(2)35-19-11-8-17(9-12-19)24(33)31-22(16-6-4-3-5-7-16)23(32)25(34)28-18-10-13-20-21(14-18)30-26(27)29-20/h3-15,22-23,32H,1-2H3,(H,28,34)(H,31,33)(H3,27,29,30). The fourth-order valence-corrected chi connectivity index (χ4v) is 3.66. The highest BCUT2D eigenvalue weighted by molar-refractivity contribution is 5.98. The van der Waals surface area contributed by atoms with Crippen LogP contribution in [0.1, 0.15) is 35.8 Å². The van der Waals surface area contributed by atoms with Crippen molar-refractivity contribution in [1.82, 2.24) is 15.3 Å². The second-order valence-electron chi connectivity index (χ2n) is 8.34. The molecule has 180 valence electrons. The monoisotopic (exact) mass is 473 g/mol. The van der Waals surface area contributed by atoms with Gasteiger partial charge < -0.3 is 31.2 Å². The van der Waals surface area contributed by atoms with E-state index in [1.54, 1.807) is 66.7 Å². The number of amides is 2. The highest BCUT2D eigenvalue weighted by atomic mass is 16.5. The minimum atomic E-state index is -1.56. The minimum Gasteiger partial charge on any atom is -0.491 e. The van der Waals surface area contributed by atoms with Gasteiger partial charge in [0.05, 0.1) is 23.2 Å². The summed E-state index contributed by atoms with van der Waals surface area (Å²) in [6.07, 6.45) is -1.55. The number of rotatable bonds is 8. The number of imidazole rings is 1. The van der Waals surface area contributed by atoms with E-state index < -0.39 is 24.0 Å². The molecule has 0 aliphatic rings. The number of hydrogen-bond acceptors (Lipinski definition) is 6. The third kappa shape index (κ3) is 5.77. The van der Waals surface area contributed by atoms with E-state index in [9.17, 15) is 14.7 Å². The van der Waals surface area contributed by atoms with Crippen LogP contribution in [0.5, 0.6) is 5.75 Å². The van der Waals surface area contributed by atoms with Gasteiger partial charge in [-0.2, -0.15) is 0 Å². The smallest absolute Gasteiger partial charge is 0.255 e. The summed E-state index contributed by atoms with van der Waals surface area (Å²) in [5.74, 6) is -0.200. The number of carbonyl (C=O) groups excluding carboxylic acids is 2. The number of H-pyrrole nitrogens is 1. The lowest BCUT2D eigenvalue weighted by atomic mass is 10.00. The molecule has 2 amide bonds. The number of aromatic nitrogens is 2. The van der Waals surface area contributed by atoms with Crippen LogP contribution in [0.3, 0.4) is 0 Å². The second kappa shape index (κ2) is 10.3. The first-order chi connectivity index (χ1) is 16.8. The van der Waals surface area contributed by atoms with E-state index in [1.165, 1.54) is 0 Å². The number of fused-ring (bicyclic) bond motifs is 1. The van der Waals surface area contributed by atoms with Gasteiger partial charge in [-0.3, -0.25) is 9.59 Å². The average molecular weight is 474 g/mol. The lowest BCUT2D eigenvalue weighted by molar-refractivity contribution is -0.125. The Balaban J connectivity index is 1.52. The van der Waals surface area contributed by atoms with Crippen molar-refractivity contribution in [2.75, 3.05) is 11.1 Å². The molecule has 0 aliphatic heterocycles. The quantitative estimate of drug-likeness (QED) is 0.265. The van der Waals surface area contributed by atoms with Gasteiger partial charge in [0.25, 0.3) is 11.8 Å². The summed E-state index contributed by atoms with van der Waals surface area (Å²) in [4.78, 5) is 33.0. The molecule has 2 atom stereocenters. The lowest BCUT2D eigenvalue weighted by Gasteiger charge is -2.24. The first-order valence-corrected chi connectivity index (χ1v) is 11.2. The SMILES string of the molecule is CC(C)Oc1ccc(C(=O)NC(c2ccccc2)C(O)C(=O)Nc2ccc3nc(N)[nH]c3c2)cc1. The molecule has 0 saturated heterocycles. The van der Waals surface area contributed by atoms with Crippen LogP contribution in [0, 0.1) is 0 Å². The number of aliphatic hydroxyl groups is 1. The molecule has 0 radical (unpaired) electrons. The Hall–Kier alpha value is -4.37. The largest absolute Gasteiger partial charge is 0.491 e. The van der Waals surface area contributed by atoms with E-state index in [0.29, 0.717) is 33.6 Å². The van der Waals surface area contributed by atoms with Crippen LogP contribution >= 0.6 is 0 Å². The van der Waals surface area contributed by atoms with Crippen molar-refractivity contribution in [2.45, 2.75) is 32.1 Å². The van der Waals surface area contributed by atoms with Crippen molar-refractivity contribution >= 4 is 34.5 Å². The molecule has 0 spiro atoms. The molecule has 9 nitrogen and oxygen atoms in total. The minimum absolute atomic E-state index is 0.0112. The zero-order chi connectivity index (χ0) is 24.9. The summed E-state index contributed by atoms with van der Waals surface area (Å²) in [7, 11) is 0. The molecule has 0 fully saturated rings. The molecular weight excluding hydrogens is 446 g/mol. The number of hydrogen-bond donors (Lipinski definition) is 5. The molecule has 6 N–H and O–H groups in total. The number of ether oxygens (including phenoxy) is 1. The third-order valence-electron chi connectivity index (χ3n) is 5.29. The molecule has 1 heterocycles. The number of aromatic amines is 1. The molecule has 9 heteroatoms. The highest BCUT2D eigenvalue weighted by Gasteiger charge is 2.29. The maximum absolute atomic E-state index is 13.0. The number of nitrogen functional groups attached to an aromatic ring is 1. The number of anilines is 2. The van der Waals surface area contributed by atoms with Crippen molar-refractivity contribution in [3.8, 4) is 5.75 Å². The van der Waals surface area contributed by atoms with E-state index in [1.807, 2.05) is 19.9 Å². The Kier molecular flexibility index (Phi) is 6.98. The summed E-state index contributed by atoms with van der Waals surface area (Å²) in [5.41, 5.74) is 8.38. The average Bonchev–Trinajstić information content (AvgIpc) is 3.22. The molecule has 1 aromatic heterocycles. The van der Waals surface area contributed by atoms with Gasteiger partial charge in [0.2, 0.25) is 0 Å². The number of nitrogens with zero attached hydrogens (tertiary/aromatic N) is 1. The topological polar surface area (TPSA) is 142 Å². The van der Waals surface area contributed by atoms with E-state index in [4.69, 9.17) is 10.5 Å². The van der Waals surface area contributed by atoms with Gasteiger partial charge in [-0.05, 0) is 61.9 Å². The molecule has 3 aromatic carbocycles. The van der Waals surface area contributed by atoms with Gasteiger partial charge in [0.1, 0.15) is 5.75 Å². The summed E-state index contributed by atoms with van der Waals surface area (Å²) in [5, 5.41) is 16.4. The van der Waals surface area contributed by atoms with Gasteiger partial charge in [-0.15, -0.1) is 0 Å². The zero-order valence-corrected chi connectivity index (χ0v) is 19.4. The number of nitrogens with one attached hydrogen (secondary N) is 3. The lowest BCUT2D eigenvalue weighted by Crippen LogP contribution is -2.42. The van der Waals surface area contributed by atoms with E-state index >= 15 is 0 Å². The maximum atomic E-state index is 13.0. The first kappa shape index (κ1) is 23.8. The van der Waals surface area contributed by atoms with Crippen LogP contribution in [-0.2, 0) is 4.79 Å². The van der Waals surface area contributed by atoms with Gasteiger partial charge >= 0.3 is 0 Å². The third-order valence-corrected chi connectivity index (χ3v) is 5.29. The summed E-state index contributed by atoms with van der Waals surface area (Å²) >= 11 is 0. The van der Waals surface area contributed by atoms with Crippen molar-refractivity contribution in [2.24, 2.45) is 0 Å². The van der Waals surface area contributed by atoms with Crippen molar-refractivity contribution in [3.63, 3.8) is 0 Å². The van der Waals surface area contributed by atoms with E-state index in [0.717, 1.165) is 0 Å². The Morgan fingerprint density at radius 1 is 1.03 bits per heavy atom. The molecule has 0 saturated carbocycles. The molecule has 0 aliphatic carbocycles. The van der Waals surface area contributed by atoms with Crippen molar-refractivity contribution < 1.29 is 19.4 Å². The fourth-order valence-electron chi connectivity index (χ4n) is 3.66. The van der Waals surface area contributed by atoms with Crippen LogP contribution in [0.15, 0.2) is 72.8 Å². The highest BCUT2D eigenvalue weighted by Crippen LogP contribution is 2.22. The summed E-state index contributed by atoms with van der Waals surface area (Å²) in [6, 6.07) is 19.5. The van der Waals surface area contributed by atoms with Crippen LogP contribution in [0.4, 0.5) is 11.6 Å². The molecule has 4 aromatic rings. The number of aliphatic hydroxyl groups excluding tert-OH is 1. The van der Waals surface area contributed by atoms with E-state index in [-0.39, 0.29) is 12.1 Å². The molecule has 35 heavy (non-hydrogen) atoms. The van der Waals surface area contributed by atoms with Crippen LogP contribution < -0.4 is 21.1 Å². The zero-order valence-electron chi connectivity index (χ0n) is 19.4. The molecule has 4 rings (SSSR count). The van der Waals surface area contributed by atoms with Crippen molar-refractivity contribution in [1.29, 1.82) is 0 Å². The predicted octanol–water partition coefficient (Wildman–Crippen LogP) is 3.40. The van der Waals surface area contributed by atoms with Gasteiger partial charge in [-0.25, -0.2) is 4.98 Å². The Morgan fingerprint density at radius 3 is 2.43 bits per heavy atom. The number of carbonyl (C=O) groups is 2. The number of nitrogens with two attached hydrogens (primary N) is 1. The summed E-state index contributed by atoms with van der Waals surface area (Å²) in [6.45, 7) is 3.83. The summed E-state index contributed by atoms with van der Waals surface area (Å²) < 4.78 is 5.62. The molecule has 0 bridgehead atoms. The Labute approximate surface area is 202 Å². The van der Waals surface area contributed by atoms with Crippen molar-refractivity contribution in [3.05, 3.63) is 83.9 Å². The molecule has 2 unspecified atom stereocenters. The molecular formula is C26H27N5O4. The van der Waals surface area contributed by atoms with E-state index in [2.05, 4.69) is 20.6 Å². The van der Waals surface area contributed by atoms with Crippen LogP contribution in [0.25, 0.3) is 11.0 Å². The number of benzene rings is 3. The van der Waals surface area contributed by atoms with Gasteiger partial charge in [0.15, 0.2) is 12.1 Å². The van der Waals surface area contributed by atoms with Gasteiger partial charge in [-0.1, -0.05) is 30.3 Å². The van der Waals surface area contributed by atoms with Gasteiger partial charge in [0, 0.05) is 11.3 Å².